The third-order valence-electron chi connectivity index (χ3n) is 3.15. The zero-order valence-corrected chi connectivity index (χ0v) is 10.1. The van der Waals surface area contributed by atoms with Gasteiger partial charge in [0.15, 0.2) is 0 Å². The second-order valence-electron chi connectivity index (χ2n) is 4.40. The molecule has 88 valence electrons. The molecule has 2 heterocycles. The van der Waals surface area contributed by atoms with Gasteiger partial charge >= 0.3 is 0 Å². The van der Waals surface area contributed by atoms with E-state index in [0.717, 1.165) is 19.1 Å². The molecular weight excluding hydrogens is 210 g/mol. The predicted octanol–water partition coefficient (Wildman–Crippen LogP) is 2.53. The highest BCUT2D eigenvalue weighted by Gasteiger charge is 2.13. The quantitative estimate of drug-likeness (QED) is 0.738. The lowest BCUT2D eigenvalue weighted by molar-refractivity contribution is 0.0462. The summed E-state index contributed by atoms with van der Waals surface area (Å²) in [6.07, 6.45) is 11.5. The first-order valence-electron chi connectivity index (χ1n) is 5.96. The van der Waals surface area contributed by atoms with Gasteiger partial charge < -0.3 is 10.1 Å². The van der Waals surface area contributed by atoms with Gasteiger partial charge in [-0.3, -0.25) is 0 Å². The third kappa shape index (κ3) is 4.54. The number of ether oxygens (including phenoxy) is 1. The van der Waals surface area contributed by atoms with Crippen molar-refractivity contribution >= 4 is 12.4 Å². The van der Waals surface area contributed by atoms with Crippen LogP contribution in [0, 0.1) is 5.92 Å². The molecular formula is C12H22ClNO. The van der Waals surface area contributed by atoms with E-state index in [4.69, 9.17) is 4.74 Å². The Morgan fingerprint density at radius 3 is 2.67 bits per heavy atom. The van der Waals surface area contributed by atoms with Crippen molar-refractivity contribution in [1.29, 1.82) is 0 Å². The van der Waals surface area contributed by atoms with Crippen LogP contribution >= 0.6 is 12.4 Å². The molecule has 0 bridgehead atoms. The van der Waals surface area contributed by atoms with Crippen LogP contribution in [0.4, 0.5) is 0 Å². The maximum atomic E-state index is 5.66. The first-order valence-corrected chi connectivity index (χ1v) is 5.96. The SMILES string of the molecule is C(=C\C1CCCCO1)/C1CCCNC1.Cl. The summed E-state index contributed by atoms with van der Waals surface area (Å²) < 4.78 is 5.66. The zero-order chi connectivity index (χ0) is 9.64. The van der Waals surface area contributed by atoms with Crippen molar-refractivity contribution in [3.63, 3.8) is 0 Å². The summed E-state index contributed by atoms with van der Waals surface area (Å²) >= 11 is 0. The summed E-state index contributed by atoms with van der Waals surface area (Å²) in [6.45, 7) is 3.31. The molecule has 0 aliphatic carbocycles. The van der Waals surface area contributed by atoms with E-state index < -0.39 is 0 Å². The second-order valence-corrected chi connectivity index (χ2v) is 4.40. The number of piperidine rings is 1. The zero-order valence-electron chi connectivity index (χ0n) is 9.28. The van der Waals surface area contributed by atoms with Crippen molar-refractivity contribution in [2.75, 3.05) is 19.7 Å². The minimum Gasteiger partial charge on any atom is -0.374 e. The number of halogens is 1. The van der Waals surface area contributed by atoms with Crippen molar-refractivity contribution in [2.45, 2.75) is 38.2 Å². The second kappa shape index (κ2) is 7.26. The van der Waals surface area contributed by atoms with Crippen LogP contribution in [0.5, 0.6) is 0 Å². The predicted molar refractivity (Wildman–Crippen MR) is 65.6 cm³/mol. The molecule has 0 aromatic rings. The molecule has 2 atom stereocenters. The highest BCUT2D eigenvalue weighted by Crippen LogP contribution is 2.16. The molecule has 3 heteroatoms. The number of hydrogen-bond acceptors (Lipinski definition) is 2. The minimum atomic E-state index is 0. The van der Waals surface area contributed by atoms with Crippen molar-refractivity contribution < 1.29 is 4.74 Å². The topological polar surface area (TPSA) is 21.3 Å². The van der Waals surface area contributed by atoms with Crippen LogP contribution in [0.3, 0.4) is 0 Å². The molecule has 0 spiro atoms. The van der Waals surface area contributed by atoms with E-state index in [-0.39, 0.29) is 12.4 Å². The van der Waals surface area contributed by atoms with Crippen molar-refractivity contribution in [1.82, 2.24) is 5.32 Å². The van der Waals surface area contributed by atoms with E-state index in [1.54, 1.807) is 0 Å². The van der Waals surface area contributed by atoms with Gasteiger partial charge in [0.2, 0.25) is 0 Å². The Hall–Kier alpha value is -0.0500. The van der Waals surface area contributed by atoms with Gasteiger partial charge in [-0.15, -0.1) is 12.4 Å². The number of nitrogens with one attached hydrogen (secondary N) is 1. The van der Waals surface area contributed by atoms with Gasteiger partial charge in [-0.25, -0.2) is 0 Å². The lowest BCUT2D eigenvalue weighted by Gasteiger charge is -2.22. The molecule has 2 fully saturated rings. The van der Waals surface area contributed by atoms with E-state index in [0.29, 0.717) is 6.10 Å². The molecule has 2 nitrogen and oxygen atoms in total. The standard InChI is InChI=1S/C12H21NO.ClH/c1-2-9-14-12(5-1)7-6-11-4-3-8-13-10-11;/h6-7,11-13H,1-5,8-10H2;1H/b7-6+;. The minimum absolute atomic E-state index is 0. The fourth-order valence-corrected chi connectivity index (χ4v) is 2.24. The Kier molecular flexibility index (Phi) is 6.30. The summed E-state index contributed by atoms with van der Waals surface area (Å²) in [5, 5.41) is 3.43. The molecule has 0 radical (unpaired) electrons. The number of rotatable bonds is 2. The maximum absolute atomic E-state index is 5.66. The van der Waals surface area contributed by atoms with Crippen LogP contribution in [-0.4, -0.2) is 25.8 Å². The van der Waals surface area contributed by atoms with E-state index in [2.05, 4.69) is 17.5 Å². The molecule has 0 amide bonds. The highest BCUT2D eigenvalue weighted by molar-refractivity contribution is 5.85. The Labute approximate surface area is 98.9 Å². The highest BCUT2D eigenvalue weighted by atomic mass is 35.5. The largest absolute Gasteiger partial charge is 0.374 e. The Morgan fingerprint density at radius 1 is 1.07 bits per heavy atom. The third-order valence-corrected chi connectivity index (χ3v) is 3.15. The van der Waals surface area contributed by atoms with Crippen molar-refractivity contribution in [3.05, 3.63) is 12.2 Å². The summed E-state index contributed by atoms with van der Waals surface area (Å²) in [6, 6.07) is 0. The number of hydrogen-bond donors (Lipinski definition) is 1. The summed E-state index contributed by atoms with van der Waals surface area (Å²) in [5.41, 5.74) is 0. The molecule has 15 heavy (non-hydrogen) atoms. The van der Waals surface area contributed by atoms with Crippen LogP contribution in [-0.2, 0) is 4.74 Å². The molecule has 2 rings (SSSR count). The van der Waals surface area contributed by atoms with Gasteiger partial charge in [0.25, 0.3) is 0 Å². The normalized spacial score (nSPS) is 32.5. The maximum Gasteiger partial charge on any atom is 0.0755 e. The Balaban J connectivity index is 0.00000112. The lowest BCUT2D eigenvalue weighted by atomic mass is 9.98. The van der Waals surface area contributed by atoms with E-state index in [1.165, 1.54) is 38.6 Å². The molecule has 0 saturated carbocycles. The van der Waals surface area contributed by atoms with Gasteiger partial charge in [0.05, 0.1) is 6.10 Å². The smallest absolute Gasteiger partial charge is 0.0755 e. The first kappa shape index (κ1) is 13.0. The van der Waals surface area contributed by atoms with Crippen molar-refractivity contribution in [2.24, 2.45) is 5.92 Å². The monoisotopic (exact) mass is 231 g/mol. The Bertz CT molecular complexity index is 164. The van der Waals surface area contributed by atoms with Crippen LogP contribution in [0.1, 0.15) is 32.1 Å². The first-order chi connectivity index (χ1) is 6.95. The summed E-state index contributed by atoms with van der Waals surface area (Å²) in [4.78, 5) is 0. The van der Waals surface area contributed by atoms with E-state index in [1.807, 2.05) is 0 Å². The average molecular weight is 232 g/mol. The average Bonchev–Trinajstić information content (AvgIpc) is 2.29. The summed E-state index contributed by atoms with van der Waals surface area (Å²) in [5.74, 6) is 0.745. The van der Waals surface area contributed by atoms with Gasteiger partial charge in [-0.05, 0) is 44.6 Å². The van der Waals surface area contributed by atoms with Crippen molar-refractivity contribution in [3.8, 4) is 0 Å². The van der Waals surface area contributed by atoms with Gasteiger partial charge in [0.1, 0.15) is 0 Å². The molecule has 2 aliphatic rings. The van der Waals surface area contributed by atoms with E-state index in [9.17, 15) is 0 Å². The van der Waals surface area contributed by atoms with Gasteiger partial charge in [0, 0.05) is 13.2 Å². The van der Waals surface area contributed by atoms with Crippen LogP contribution < -0.4 is 5.32 Å². The fraction of sp³-hybridized carbons (Fsp3) is 0.833. The van der Waals surface area contributed by atoms with Gasteiger partial charge in [-0.1, -0.05) is 12.2 Å². The summed E-state index contributed by atoms with van der Waals surface area (Å²) in [7, 11) is 0. The van der Waals surface area contributed by atoms with Crippen LogP contribution in [0.25, 0.3) is 0 Å². The van der Waals surface area contributed by atoms with E-state index >= 15 is 0 Å². The Morgan fingerprint density at radius 2 is 2.00 bits per heavy atom. The lowest BCUT2D eigenvalue weighted by Crippen LogP contribution is -2.29. The molecule has 2 unspecified atom stereocenters. The fourth-order valence-electron chi connectivity index (χ4n) is 2.24. The molecule has 2 saturated heterocycles. The molecule has 1 N–H and O–H groups in total. The van der Waals surface area contributed by atoms with Gasteiger partial charge in [-0.2, -0.15) is 0 Å². The molecule has 2 aliphatic heterocycles. The molecule has 0 aromatic carbocycles. The van der Waals surface area contributed by atoms with Crippen LogP contribution in [0.2, 0.25) is 0 Å². The van der Waals surface area contributed by atoms with Crippen LogP contribution in [0.15, 0.2) is 12.2 Å². The molecule has 0 aromatic heterocycles.